The number of alkyl halides is 3. The lowest BCUT2D eigenvalue weighted by Gasteiger charge is -2.38. The Bertz CT molecular complexity index is 2220. The van der Waals surface area contributed by atoms with Crippen LogP contribution in [0.15, 0.2) is 105 Å². The number of hydrogen-bond acceptors (Lipinski definition) is 7. The summed E-state index contributed by atoms with van der Waals surface area (Å²) in [6.07, 6.45) is 1.59. The van der Waals surface area contributed by atoms with Gasteiger partial charge in [-0.2, -0.15) is 13.2 Å². The number of carbonyl (C=O) groups excluding carboxylic acids is 3. The van der Waals surface area contributed by atoms with Crippen LogP contribution in [0.5, 0.6) is 0 Å². The van der Waals surface area contributed by atoms with E-state index in [0.29, 0.717) is 39.1 Å². The molecule has 9 nitrogen and oxygen atoms in total. The number of fused-ring (bicyclic) bond motifs is 2. The van der Waals surface area contributed by atoms with Crippen molar-refractivity contribution in [3.63, 3.8) is 0 Å². The number of carbonyl (C=O) groups is 3. The van der Waals surface area contributed by atoms with E-state index >= 15 is 0 Å². The number of thioether (sulfide) groups is 1. The second kappa shape index (κ2) is 14.7. The number of rotatable bonds is 9. The number of amides is 3. The van der Waals surface area contributed by atoms with Crippen molar-refractivity contribution in [2.24, 2.45) is 0 Å². The van der Waals surface area contributed by atoms with E-state index in [4.69, 9.17) is 4.42 Å². The number of nitrogens with one attached hydrogen (secondary N) is 1. The van der Waals surface area contributed by atoms with Gasteiger partial charge in [-0.3, -0.25) is 19.2 Å². The number of para-hydroxylation sites is 1. The van der Waals surface area contributed by atoms with Crippen molar-refractivity contribution in [1.29, 1.82) is 0 Å². The molecule has 2 fully saturated rings. The fourth-order valence-electron chi connectivity index (χ4n) is 6.89. The number of benzene rings is 4. The number of anilines is 1. The molecule has 1 atom stereocenters. The van der Waals surface area contributed by atoms with Gasteiger partial charge >= 0.3 is 5.51 Å². The fraction of sp³-hybridized carbons (Fsp3) is 0.282. The van der Waals surface area contributed by atoms with Crippen LogP contribution in [0, 0.1) is 0 Å². The molecular formula is C39H35F3N4O5S. The van der Waals surface area contributed by atoms with Crippen LogP contribution in [-0.4, -0.2) is 71.8 Å². The predicted molar refractivity (Wildman–Crippen MR) is 193 cm³/mol. The highest BCUT2D eigenvalue weighted by Crippen LogP contribution is 2.37. The minimum Gasteiger partial charge on any atom is -0.451 e. The number of hydrogen-bond donors (Lipinski definition) is 1. The van der Waals surface area contributed by atoms with Crippen LogP contribution in [0.3, 0.4) is 0 Å². The van der Waals surface area contributed by atoms with Crippen molar-refractivity contribution in [3.8, 4) is 0 Å². The van der Waals surface area contributed by atoms with E-state index in [1.807, 2.05) is 71.6 Å². The Hall–Kier alpha value is -5.30. The van der Waals surface area contributed by atoms with E-state index in [0.717, 1.165) is 52.7 Å². The van der Waals surface area contributed by atoms with E-state index in [2.05, 4.69) is 10.2 Å². The standard InChI is InChI=1S/C39H35F3N4O5S/c40-39(41,42)52-29-13-14-34-30(22-29)33(47)23-35(51-34)37(49)43-31(21-25-11-12-26-6-1-2-7-27(26)20-25)38(50)45-18-16-44(17-19-45)32-9-4-3-8-28(32)24-46-15-5-10-36(46)48/h1-4,6-9,11-14,20,22-23,31H,5,10,15-19,21,24H2,(H,43,49)/t31-/m1/s1. The minimum atomic E-state index is -4.54. The number of halogens is 3. The molecule has 0 spiro atoms. The van der Waals surface area contributed by atoms with Crippen molar-refractivity contribution in [1.82, 2.24) is 15.1 Å². The summed E-state index contributed by atoms with van der Waals surface area (Å²) in [6.45, 7) is 3.15. The molecule has 1 aromatic heterocycles. The average Bonchev–Trinajstić information content (AvgIpc) is 3.54. The summed E-state index contributed by atoms with van der Waals surface area (Å²) in [4.78, 5) is 58.7. The number of nitrogens with zero attached hydrogens (tertiary/aromatic N) is 3. The zero-order valence-electron chi connectivity index (χ0n) is 28.0. The van der Waals surface area contributed by atoms with Gasteiger partial charge in [-0.1, -0.05) is 60.7 Å². The van der Waals surface area contributed by atoms with Crippen molar-refractivity contribution in [2.75, 3.05) is 37.6 Å². The van der Waals surface area contributed by atoms with Crippen molar-refractivity contribution >= 4 is 56.9 Å². The first kappa shape index (κ1) is 35.1. The topological polar surface area (TPSA) is 103 Å². The molecule has 0 saturated carbocycles. The van der Waals surface area contributed by atoms with E-state index in [-0.39, 0.29) is 51.6 Å². The van der Waals surface area contributed by atoms with Gasteiger partial charge in [-0.25, -0.2) is 0 Å². The van der Waals surface area contributed by atoms with Crippen LogP contribution in [-0.2, 0) is 22.6 Å². The first-order valence-corrected chi connectivity index (χ1v) is 17.8. The van der Waals surface area contributed by atoms with Gasteiger partial charge in [0.25, 0.3) is 5.91 Å². The Morgan fingerprint density at radius 3 is 2.35 bits per heavy atom. The lowest BCUT2D eigenvalue weighted by Crippen LogP contribution is -2.55. The Kier molecular flexibility index (Phi) is 9.96. The third-order valence-corrected chi connectivity index (χ3v) is 10.2. The molecule has 0 aliphatic carbocycles. The summed E-state index contributed by atoms with van der Waals surface area (Å²) >= 11 is -0.352. The maximum atomic E-state index is 14.2. The van der Waals surface area contributed by atoms with Crippen LogP contribution in [0.2, 0.25) is 0 Å². The maximum absolute atomic E-state index is 14.2. The number of likely N-dealkylation sites (tertiary alicyclic amines) is 1. The third kappa shape index (κ3) is 7.94. The molecule has 0 bridgehead atoms. The summed E-state index contributed by atoms with van der Waals surface area (Å²) < 4.78 is 44.5. The summed E-state index contributed by atoms with van der Waals surface area (Å²) in [7, 11) is 0. The highest BCUT2D eigenvalue weighted by atomic mass is 32.2. The monoisotopic (exact) mass is 728 g/mol. The second-order valence-corrected chi connectivity index (χ2v) is 14.1. The van der Waals surface area contributed by atoms with Gasteiger partial charge in [0.1, 0.15) is 11.6 Å². The molecule has 13 heteroatoms. The van der Waals surface area contributed by atoms with Gasteiger partial charge < -0.3 is 24.4 Å². The zero-order valence-corrected chi connectivity index (χ0v) is 28.8. The van der Waals surface area contributed by atoms with Crippen LogP contribution < -0.4 is 15.6 Å². The van der Waals surface area contributed by atoms with E-state index in [1.165, 1.54) is 12.1 Å². The molecule has 5 aromatic rings. The van der Waals surface area contributed by atoms with Gasteiger partial charge in [0.15, 0.2) is 11.2 Å². The second-order valence-electron chi connectivity index (χ2n) is 13.0. The molecule has 3 heterocycles. The molecule has 0 radical (unpaired) electrons. The maximum Gasteiger partial charge on any atom is 0.446 e. The van der Waals surface area contributed by atoms with Crippen LogP contribution in [0.4, 0.5) is 18.9 Å². The molecule has 4 aromatic carbocycles. The molecule has 3 amide bonds. The highest BCUT2D eigenvalue weighted by molar-refractivity contribution is 8.00. The summed E-state index contributed by atoms with van der Waals surface area (Å²) in [6, 6.07) is 25.0. The molecule has 7 rings (SSSR count). The fourth-order valence-corrected chi connectivity index (χ4v) is 7.47. The van der Waals surface area contributed by atoms with E-state index in [9.17, 15) is 32.3 Å². The van der Waals surface area contributed by atoms with Gasteiger partial charge in [0, 0.05) is 68.8 Å². The average molecular weight is 729 g/mol. The molecule has 2 aliphatic heterocycles. The van der Waals surface area contributed by atoms with Crippen LogP contribution >= 0.6 is 11.8 Å². The van der Waals surface area contributed by atoms with E-state index in [1.54, 1.807) is 4.90 Å². The van der Waals surface area contributed by atoms with Crippen LogP contribution in [0.1, 0.15) is 34.5 Å². The zero-order chi connectivity index (χ0) is 36.4. The number of piperazine rings is 1. The first-order chi connectivity index (χ1) is 25.0. The molecule has 52 heavy (non-hydrogen) atoms. The lowest BCUT2D eigenvalue weighted by atomic mass is 10.0. The first-order valence-electron chi connectivity index (χ1n) is 17.0. The highest BCUT2D eigenvalue weighted by Gasteiger charge is 2.32. The lowest BCUT2D eigenvalue weighted by molar-refractivity contribution is -0.133. The van der Waals surface area contributed by atoms with Crippen molar-refractivity contribution < 1.29 is 32.0 Å². The smallest absolute Gasteiger partial charge is 0.446 e. The largest absolute Gasteiger partial charge is 0.451 e. The SMILES string of the molecule is O=C(N[C@H](Cc1ccc2ccccc2c1)C(=O)N1CCN(c2ccccc2CN2CCCC2=O)CC1)c1cc(=O)c2cc(SC(F)(F)F)ccc2o1. The van der Waals surface area contributed by atoms with Gasteiger partial charge in [0.05, 0.1) is 5.39 Å². The van der Waals surface area contributed by atoms with Crippen LogP contribution in [0.25, 0.3) is 21.7 Å². The predicted octanol–water partition coefficient (Wildman–Crippen LogP) is 6.37. The summed E-state index contributed by atoms with van der Waals surface area (Å²) in [5.41, 5.74) is -2.38. The molecule has 1 N–H and O–H groups in total. The van der Waals surface area contributed by atoms with Gasteiger partial charge in [-0.15, -0.1) is 0 Å². The Balaban J connectivity index is 1.10. The molecular weight excluding hydrogens is 694 g/mol. The quantitative estimate of drug-likeness (QED) is 0.176. The molecule has 2 aliphatic rings. The van der Waals surface area contributed by atoms with E-state index < -0.39 is 22.9 Å². The minimum absolute atomic E-state index is 0.0490. The summed E-state index contributed by atoms with van der Waals surface area (Å²) in [5, 5.41) is 4.70. The third-order valence-electron chi connectivity index (χ3n) is 9.47. The van der Waals surface area contributed by atoms with Crippen molar-refractivity contribution in [2.45, 2.75) is 42.3 Å². The van der Waals surface area contributed by atoms with Gasteiger partial charge in [0.2, 0.25) is 11.8 Å². The molecule has 2 saturated heterocycles. The molecule has 0 unspecified atom stereocenters. The van der Waals surface area contributed by atoms with Crippen molar-refractivity contribution in [3.05, 3.63) is 118 Å². The Morgan fingerprint density at radius 2 is 1.60 bits per heavy atom. The Labute approximate surface area is 301 Å². The summed E-state index contributed by atoms with van der Waals surface area (Å²) in [5.74, 6) is -1.30. The normalized spacial score (nSPS) is 15.8. The molecule has 268 valence electrons. The van der Waals surface area contributed by atoms with Gasteiger partial charge in [-0.05, 0) is 64.3 Å². The Morgan fingerprint density at radius 1 is 0.846 bits per heavy atom.